The van der Waals surface area contributed by atoms with E-state index in [0.29, 0.717) is 0 Å². The zero-order valence-electron chi connectivity index (χ0n) is 17.4. The second kappa shape index (κ2) is 11.5. The van der Waals surface area contributed by atoms with E-state index in [-0.39, 0.29) is 5.60 Å². The standard InChI is InChI=1S/C10H18O2.3C4H9.Sn/c11-12-10-7-3-1-5-9(10)6-2-4-8-10;3*1-3-4-2;/h9,11H,1-8H2;3*1,3-4H2,2H3;/q;;;;+1/p-1. The molecule has 148 valence electrons. The molecular weight excluding hydrogens is 415 g/mol. The van der Waals surface area contributed by atoms with Crippen molar-refractivity contribution < 1.29 is 8.11 Å². The molecule has 2 fully saturated rings. The Balaban J connectivity index is 2.06. The summed E-state index contributed by atoms with van der Waals surface area (Å²) in [5.74, 6) is 0.780. The molecule has 0 spiro atoms. The van der Waals surface area contributed by atoms with Crippen LogP contribution >= 0.6 is 0 Å². The molecule has 0 aromatic rings. The van der Waals surface area contributed by atoms with Gasteiger partial charge in [-0.3, -0.25) is 0 Å². The minimum absolute atomic E-state index is 0.101. The van der Waals surface area contributed by atoms with E-state index >= 15 is 0 Å². The van der Waals surface area contributed by atoms with Crippen LogP contribution in [0.3, 0.4) is 0 Å². The molecule has 3 heteroatoms. The molecule has 2 saturated carbocycles. The van der Waals surface area contributed by atoms with E-state index in [9.17, 15) is 0 Å². The fourth-order valence-electron chi connectivity index (χ4n) is 5.15. The molecule has 0 unspecified atom stereocenters. The summed E-state index contributed by atoms with van der Waals surface area (Å²) in [7, 11) is 0. The van der Waals surface area contributed by atoms with Crippen LogP contribution in [0.4, 0.5) is 0 Å². The molecule has 25 heavy (non-hydrogen) atoms. The van der Waals surface area contributed by atoms with E-state index in [1.165, 1.54) is 103 Å². The van der Waals surface area contributed by atoms with Gasteiger partial charge < -0.3 is 0 Å². The predicted octanol–water partition coefficient (Wildman–Crippen LogP) is 7.78. The first-order chi connectivity index (χ1) is 12.2. The van der Waals surface area contributed by atoms with E-state index < -0.39 is 18.8 Å². The van der Waals surface area contributed by atoms with Crippen LogP contribution in [0.5, 0.6) is 0 Å². The fraction of sp³-hybridized carbons (Fsp3) is 1.00. The van der Waals surface area contributed by atoms with Crippen molar-refractivity contribution in [3.05, 3.63) is 0 Å². The second-order valence-corrected chi connectivity index (χ2v) is 20.4. The topological polar surface area (TPSA) is 18.5 Å². The van der Waals surface area contributed by atoms with E-state index in [1.54, 1.807) is 0 Å². The Bertz CT molecular complexity index is 324. The maximum absolute atomic E-state index is 6.75. The number of hydrogen-bond acceptors (Lipinski definition) is 2. The molecule has 2 nitrogen and oxygen atoms in total. The first-order valence-corrected chi connectivity index (χ1v) is 18.8. The van der Waals surface area contributed by atoms with Gasteiger partial charge in [-0.2, -0.15) is 0 Å². The van der Waals surface area contributed by atoms with Gasteiger partial charge in [0.15, 0.2) is 0 Å². The summed E-state index contributed by atoms with van der Waals surface area (Å²) in [4.78, 5) is 6.62. The molecule has 0 bridgehead atoms. The Morgan fingerprint density at radius 1 is 0.760 bits per heavy atom. The quantitative estimate of drug-likeness (QED) is 0.169. The Hall–Kier alpha value is 0.719. The normalized spacial score (nSPS) is 27.2. The van der Waals surface area contributed by atoms with Gasteiger partial charge in [-0.15, -0.1) is 0 Å². The van der Waals surface area contributed by atoms with Crippen LogP contribution in [-0.2, 0) is 8.11 Å². The Morgan fingerprint density at radius 2 is 1.24 bits per heavy atom. The van der Waals surface area contributed by atoms with E-state index in [1.807, 2.05) is 0 Å². The molecule has 0 radical (unpaired) electrons. The summed E-state index contributed by atoms with van der Waals surface area (Å²) in [6.07, 6.45) is 18.7. The van der Waals surface area contributed by atoms with Crippen LogP contribution in [-0.4, -0.2) is 24.4 Å². The van der Waals surface area contributed by atoms with E-state index in [0.717, 1.165) is 5.92 Å². The third kappa shape index (κ3) is 6.38. The Morgan fingerprint density at radius 3 is 1.68 bits per heavy atom. The molecule has 0 aromatic carbocycles. The zero-order chi connectivity index (χ0) is 18.0. The van der Waals surface area contributed by atoms with Crippen molar-refractivity contribution in [1.29, 1.82) is 0 Å². The van der Waals surface area contributed by atoms with Crippen LogP contribution in [0.25, 0.3) is 0 Å². The summed E-state index contributed by atoms with van der Waals surface area (Å²) < 4.78 is 10.9. The summed E-state index contributed by atoms with van der Waals surface area (Å²) in [5.41, 5.74) is 0.101. The van der Waals surface area contributed by atoms with Gasteiger partial charge >= 0.3 is 162 Å². The third-order valence-electron chi connectivity index (χ3n) is 6.89. The van der Waals surface area contributed by atoms with Gasteiger partial charge in [0.05, 0.1) is 0 Å². The molecule has 0 atom stereocenters. The molecule has 2 aliphatic carbocycles. The minimum atomic E-state index is -2.62. The Kier molecular flexibility index (Phi) is 10.2. The van der Waals surface area contributed by atoms with Gasteiger partial charge in [-0.25, -0.2) is 0 Å². The average Bonchev–Trinajstić information content (AvgIpc) is 2.67. The molecule has 0 heterocycles. The van der Waals surface area contributed by atoms with Gasteiger partial charge in [-0.05, 0) is 0 Å². The second-order valence-electron chi connectivity index (χ2n) is 8.91. The van der Waals surface area contributed by atoms with Crippen molar-refractivity contribution in [3.63, 3.8) is 0 Å². The van der Waals surface area contributed by atoms with E-state index in [4.69, 9.17) is 8.11 Å². The van der Waals surface area contributed by atoms with Gasteiger partial charge in [0.2, 0.25) is 0 Å². The first kappa shape index (κ1) is 22.0. The fourth-order valence-corrected chi connectivity index (χ4v) is 17.5. The van der Waals surface area contributed by atoms with Gasteiger partial charge in [0.25, 0.3) is 0 Å². The van der Waals surface area contributed by atoms with Crippen molar-refractivity contribution >= 4 is 18.8 Å². The van der Waals surface area contributed by atoms with Crippen molar-refractivity contribution in [3.8, 4) is 0 Å². The number of hydrogen-bond donors (Lipinski definition) is 0. The summed E-state index contributed by atoms with van der Waals surface area (Å²) >= 11 is -2.62. The van der Waals surface area contributed by atoms with Crippen LogP contribution in [0.15, 0.2) is 0 Å². The van der Waals surface area contributed by atoms with E-state index in [2.05, 4.69) is 20.8 Å². The summed E-state index contributed by atoms with van der Waals surface area (Å²) in [6, 6.07) is 0. The summed E-state index contributed by atoms with van der Waals surface area (Å²) in [5, 5.41) is 0. The Labute approximate surface area is 162 Å². The van der Waals surface area contributed by atoms with Gasteiger partial charge in [0, 0.05) is 0 Å². The van der Waals surface area contributed by atoms with Gasteiger partial charge in [0.1, 0.15) is 0 Å². The van der Waals surface area contributed by atoms with Gasteiger partial charge in [-0.1, -0.05) is 0 Å². The molecule has 0 aliphatic heterocycles. The van der Waals surface area contributed by atoms with Crippen molar-refractivity contribution in [2.24, 2.45) is 5.92 Å². The monoisotopic (exact) mass is 460 g/mol. The number of fused-ring (bicyclic) bond motifs is 1. The molecule has 0 amide bonds. The predicted molar refractivity (Wildman–Crippen MR) is 110 cm³/mol. The van der Waals surface area contributed by atoms with Crippen molar-refractivity contribution in [1.82, 2.24) is 0 Å². The zero-order valence-corrected chi connectivity index (χ0v) is 20.3. The van der Waals surface area contributed by atoms with Crippen LogP contribution < -0.4 is 0 Å². The van der Waals surface area contributed by atoms with Crippen LogP contribution in [0, 0.1) is 5.92 Å². The molecule has 2 aliphatic rings. The summed E-state index contributed by atoms with van der Waals surface area (Å²) in [6.45, 7) is 6.98. The van der Waals surface area contributed by atoms with Crippen molar-refractivity contribution in [2.45, 2.75) is 130 Å². The molecular formula is C22H44O2Sn. The van der Waals surface area contributed by atoms with Crippen LogP contribution in [0.1, 0.15) is 111 Å². The SMILES string of the molecule is CCC[CH2][Sn]([CH2]CCC)([CH2]CCC)[O]OC12CCCCC1CCCC2. The molecule has 0 saturated heterocycles. The molecule has 0 N–H and O–H groups in total. The number of rotatable bonds is 12. The molecule has 0 aromatic heterocycles. The number of unbranched alkanes of at least 4 members (excludes halogenated alkanes) is 3. The van der Waals surface area contributed by atoms with Crippen molar-refractivity contribution in [2.75, 3.05) is 0 Å². The maximum atomic E-state index is 6.75. The first-order valence-electron chi connectivity index (χ1n) is 11.6. The van der Waals surface area contributed by atoms with Crippen LogP contribution in [0.2, 0.25) is 13.3 Å². The third-order valence-corrected chi connectivity index (χ3v) is 19.0. The molecule has 2 rings (SSSR count). The average molecular weight is 459 g/mol.